The highest BCUT2D eigenvalue weighted by atomic mass is 16.4. The Hall–Kier alpha value is -1.75. The molecule has 4 N–H and O–H groups in total. The van der Waals surface area contributed by atoms with E-state index in [1.807, 2.05) is 20.8 Å². The van der Waals surface area contributed by atoms with Gasteiger partial charge in [-0.25, -0.2) is 4.79 Å². The molecule has 0 aliphatic rings. The van der Waals surface area contributed by atoms with Gasteiger partial charge in [-0.1, -0.05) is 32.9 Å². The van der Waals surface area contributed by atoms with Gasteiger partial charge in [0.05, 0.1) is 6.10 Å². The zero-order chi connectivity index (χ0) is 14.6. The van der Waals surface area contributed by atoms with Crippen LogP contribution in [0.2, 0.25) is 0 Å². The molecule has 1 rings (SSSR count). The zero-order valence-corrected chi connectivity index (χ0v) is 11.4. The molecule has 1 aromatic carbocycles. The zero-order valence-electron chi connectivity index (χ0n) is 11.4. The monoisotopic (exact) mass is 267 g/mol. The van der Waals surface area contributed by atoms with Gasteiger partial charge in [0.25, 0.3) is 0 Å². The van der Waals surface area contributed by atoms with Crippen LogP contribution in [-0.2, 0) is 0 Å². The number of nitrogens with one attached hydrogen (secondary N) is 1. The Morgan fingerprint density at radius 2 is 1.79 bits per heavy atom. The molecule has 0 fully saturated rings. The van der Waals surface area contributed by atoms with E-state index >= 15 is 0 Å². The molecule has 2 unspecified atom stereocenters. The van der Waals surface area contributed by atoms with Crippen LogP contribution in [0.25, 0.3) is 0 Å². The molecule has 5 nitrogen and oxygen atoms in total. The molecule has 1 aromatic rings. The summed E-state index contributed by atoms with van der Waals surface area (Å²) in [6.07, 6.45) is -1.60. The van der Waals surface area contributed by atoms with E-state index in [0.717, 1.165) is 0 Å². The summed E-state index contributed by atoms with van der Waals surface area (Å²) in [5, 5.41) is 30.6. The maximum atomic E-state index is 10.8. The van der Waals surface area contributed by atoms with Crippen LogP contribution in [-0.4, -0.2) is 27.5 Å². The standard InChI is InChI=1S/C14H21NO4/c1-14(2,3)12(15-13(18)19)8-11(17)9-4-6-10(16)7-5-9/h4-7,11-12,15-17H,8H2,1-3H3,(H,18,19). The maximum absolute atomic E-state index is 10.8. The Kier molecular flexibility index (Phi) is 4.78. The molecule has 0 aliphatic carbocycles. The molecule has 0 radical (unpaired) electrons. The van der Waals surface area contributed by atoms with Crippen molar-refractivity contribution in [1.29, 1.82) is 0 Å². The first-order valence-electron chi connectivity index (χ1n) is 6.16. The molecule has 0 heterocycles. The first kappa shape index (κ1) is 15.3. The fraction of sp³-hybridized carbons (Fsp3) is 0.500. The van der Waals surface area contributed by atoms with Gasteiger partial charge in [-0.15, -0.1) is 0 Å². The van der Waals surface area contributed by atoms with Crippen LogP contribution in [0, 0.1) is 5.41 Å². The summed E-state index contributed by atoms with van der Waals surface area (Å²) in [6.45, 7) is 5.74. The normalized spacial score (nSPS) is 14.7. The smallest absolute Gasteiger partial charge is 0.404 e. The van der Waals surface area contributed by atoms with Gasteiger partial charge < -0.3 is 20.6 Å². The minimum Gasteiger partial charge on any atom is -0.508 e. The van der Waals surface area contributed by atoms with Crippen LogP contribution < -0.4 is 5.32 Å². The fourth-order valence-electron chi connectivity index (χ4n) is 1.83. The molecular formula is C14H21NO4. The largest absolute Gasteiger partial charge is 0.508 e. The maximum Gasteiger partial charge on any atom is 0.404 e. The van der Waals surface area contributed by atoms with E-state index in [0.29, 0.717) is 5.56 Å². The number of hydrogen-bond donors (Lipinski definition) is 4. The van der Waals surface area contributed by atoms with Crippen LogP contribution in [0.4, 0.5) is 4.79 Å². The predicted molar refractivity (Wildman–Crippen MR) is 72.1 cm³/mol. The molecule has 0 aliphatic heterocycles. The average molecular weight is 267 g/mol. The number of aliphatic hydroxyl groups is 1. The van der Waals surface area contributed by atoms with Crippen LogP contribution in [0.15, 0.2) is 24.3 Å². The third-order valence-electron chi connectivity index (χ3n) is 3.08. The second kappa shape index (κ2) is 5.93. The van der Waals surface area contributed by atoms with Gasteiger partial charge in [0.1, 0.15) is 5.75 Å². The summed E-state index contributed by atoms with van der Waals surface area (Å²) < 4.78 is 0. The van der Waals surface area contributed by atoms with E-state index < -0.39 is 12.2 Å². The SMILES string of the molecule is CC(C)(C)C(CC(O)c1ccc(O)cc1)NC(=O)O. The van der Waals surface area contributed by atoms with Crippen molar-refractivity contribution < 1.29 is 20.1 Å². The lowest BCUT2D eigenvalue weighted by Gasteiger charge is -2.32. The van der Waals surface area contributed by atoms with Crippen molar-refractivity contribution in [2.24, 2.45) is 5.41 Å². The van der Waals surface area contributed by atoms with E-state index in [1.54, 1.807) is 12.1 Å². The van der Waals surface area contributed by atoms with Crippen molar-refractivity contribution >= 4 is 6.09 Å². The highest BCUT2D eigenvalue weighted by molar-refractivity contribution is 5.65. The summed E-state index contributed by atoms with van der Waals surface area (Å²) in [5.74, 6) is 0.131. The van der Waals surface area contributed by atoms with E-state index in [-0.39, 0.29) is 23.6 Å². The number of phenolic OH excluding ortho intramolecular Hbond substituents is 1. The van der Waals surface area contributed by atoms with Gasteiger partial charge in [-0.2, -0.15) is 0 Å². The molecule has 0 saturated carbocycles. The lowest BCUT2D eigenvalue weighted by molar-refractivity contribution is 0.114. The number of carboxylic acid groups (broad SMARTS) is 1. The Labute approximate surface area is 112 Å². The van der Waals surface area contributed by atoms with Gasteiger partial charge in [-0.05, 0) is 29.5 Å². The second-order valence-corrected chi connectivity index (χ2v) is 5.71. The average Bonchev–Trinajstić information content (AvgIpc) is 2.27. The third kappa shape index (κ3) is 4.79. The second-order valence-electron chi connectivity index (χ2n) is 5.71. The molecular weight excluding hydrogens is 246 g/mol. The summed E-state index contributed by atoms with van der Waals surface area (Å²) in [5.41, 5.74) is 0.357. The van der Waals surface area contributed by atoms with Gasteiger partial charge in [-0.3, -0.25) is 0 Å². The van der Waals surface area contributed by atoms with Crippen molar-refractivity contribution in [2.75, 3.05) is 0 Å². The van der Waals surface area contributed by atoms with Crippen LogP contribution in [0.1, 0.15) is 38.9 Å². The summed E-state index contributed by atoms with van der Waals surface area (Å²) in [6, 6.07) is 5.87. The molecule has 0 spiro atoms. The number of hydrogen-bond acceptors (Lipinski definition) is 3. The summed E-state index contributed by atoms with van der Waals surface area (Å²) in [4.78, 5) is 10.8. The number of phenols is 1. The Bertz CT molecular complexity index is 422. The lowest BCUT2D eigenvalue weighted by atomic mass is 9.82. The third-order valence-corrected chi connectivity index (χ3v) is 3.08. The predicted octanol–water partition coefficient (Wildman–Crippen LogP) is 2.50. The molecule has 19 heavy (non-hydrogen) atoms. The number of aromatic hydroxyl groups is 1. The molecule has 0 bridgehead atoms. The van der Waals surface area contributed by atoms with Crippen LogP contribution in [0.3, 0.4) is 0 Å². The van der Waals surface area contributed by atoms with E-state index in [1.165, 1.54) is 12.1 Å². The summed E-state index contributed by atoms with van der Waals surface area (Å²) >= 11 is 0. The highest BCUT2D eigenvalue weighted by Crippen LogP contribution is 2.28. The Morgan fingerprint density at radius 1 is 1.26 bits per heavy atom. The van der Waals surface area contributed by atoms with Gasteiger partial charge in [0, 0.05) is 6.04 Å². The molecule has 0 saturated heterocycles. The van der Waals surface area contributed by atoms with Gasteiger partial charge in [0.15, 0.2) is 0 Å². The minimum atomic E-state index is -1.10. The molecule has 106 valence electrons. The van der Waals surface area contributed by atoms with Crippen LogP contribution in [0.5, 0.6) is 5.75 Å². The first-order valence-corrected chi connectivity index (χ1v) is 6.16. The van der Waals surface area contributed by atoms with Crippen LogP contribution >= 0.6 is 0 Å². The fourth-order valence-corrected chi connectivity index (χ4v) is 1.83. The summed E-state index contributed by atoms with van der Waals surface area (Å²) in [7, 11) is 0. The quantitative estimate of drug-likeness (QED) is 0.674. The first-order chi connectivity index (χ1) is 8.70. The van der Waals surface area contributed by atoms with Gasteiger partial charge >= 0.3 is 6.09 Å². The minimum absolute atomic E-state index is 0.131. The molecule has 1 amide bonds. The van der Waals surface area contributed by atoms with E-state index in [4.69, 9.17) is 5.11 Å². The topological polar surface area (TPSA) is 89.8 Å². The van der Waals surface area contributed by atoms with E-state index in [9.17, 15) is 15.0 Å². The number of carbonyl (C=O) groups is 1. The molecule has 2 atom stereocenters. The number of benzene rings is 1. The highest BCUT2D eigenvalue weighted by Gasteiger charge is 2.28. The molecule has 0 aromatic heterocycles. The van der Waals surface area contributed by atoms with Crippen molar-refractivity contribution in [1.82, 2.24) is 5.32 Å². The Morgan fingerprint density at radius 3 is 2.21 bits per heavy atom. The van der Waals surface area contributed by atoms with E-state index in [2.05, 4.69) is 5.32 Å². The van der Waals surface area contributed by atoms with Crippen molar-refractivity contribution in [2.45, 2.75) is 39.3 Å². The number of aliphatic hydroxyl groups excluding tert-OH is 1. The Balaban J connectivity index is 2.78. The lowest BCUT2D eigenvalue weighted by Crippen LogP contribution is -2.44. The number of rotatable bonds is 4. The molecule has 5 heteroatoms. The van der Waals surface area contributed by atoms with Gasteiger partial charge in [0.2, 0.25) is 0 Å². The van der Waals surface area contributed by atoms with Crippen molar-refractivity contribution in [3.05, 3.63) is 29.8 Å². The van der Waals surface area contributed by atoms with Crippen molar-refractivity contribution in [3.63, 3.8) is 0 Å². The van der Waals surface area contributed by atoms with Crippen molar-refractivity contribution in [3.8, 4) is 5.75 Å². The number of amides is 1.